The normalized spacial score (nSPS) is 20.9. The summed E-state index contributed by atoms with van der Waals surface area (Å²) >= 11 is 0. The van der Waals surface area contributed by atoms with Gasteiger partial charge >= 0.3 is 0 Å². The van der Waals surface area contributed by atoms with E-state index >= 15 is 0 Å². The van der Waals surface area contributed by atoms with Gasteiger partial charge in [-0.25, -0.2) is 0 Å². The van der Waals surface area contributed by atoms with Crippen molar-refractivity contribution < 1.29 is 4.74 Å². The van der Waals surface area contributed by atoms with Crippen molar-refractivity contribution in [1.82, 2.24) is 4.90 Å². The maximum Gasteiger partial charge on any atom is 0.141 e. The molecule has 1 aliphatic heterocycles. The molecular weight excluding hydrogens is 248 g/mol. The van der Waals surface area contributed by atoms with Crippen molar-refractivity contribution in [3.63, 3.8) is 0 Å². The van der Waals surface area contributed by atoms with Gasteiger partial charge in [-0.15, -0.1) is 0 Å². The highest BCUT2D eigenvalue weighted by Gasteiger charge is 2.19. The summed E-state index contributed by atoms with van der Waals surface area (Å²) in [7, 11) is 1.66. The van der Waals surface area contributed by atoms with Crippen molar-refractivity contribution in [1.29, 1.82) is 0 Å². The monoisotopic (exact) mass is 276 g/mol. The molecule has 3 heteroatoms. The zero-order valence-corrected chi connectivity index (χ0v) is 13.1. The van der Waals surface area contributed by atoms with E-state index in [1.54, 1.807) is 7.11 Å². The topological polar surface area (TPSA) is 38.5 Å². The summed E-state index contributed by atoms with van der Waals surface area (Å²) in [5.74, 6) is 2.47. The Balaban J connectivity index is 1.94. The summed E-state index contributed by atoms with van der Waals surface area (Å²) in [6.07, 6.45) is 4.01. The number of likely N-dealkylation sites (tertiary alicyclic amines) is 1. The number of rotatable bonds is 4. The first-order valence-corrected chi connectivity index (χ1v) is 7.75. The Morgan fingerprint density at radius 1 is 1.30 bits per heavy atom. The highest BCUT2D eigenvalue weighted by Crippen LogP contribution is 2.26. The predicted molar refractivity (Wildman–Crippen MR) is 84.9 cm³/mol. The molecule has 1 aromatic carbocycles. The molecule has 1 aliphatic rings. The van der Waals surface area contributed by atoms with Crippen LogP contribution in [0.4, 0.5) is 5.69 Å². The van der Waals surface area contributed by atoms with E-state index in [0.29, 0.717) is 0 Å². The van der Waals surface area contributed by atoms with Gasteiger partial charge in [0.05, 0.1) is 12.8 Å². The zero-order chi connectivity index (χ0) is 14.5. The molecule has 1 fully saturated rings. The van der Waals surface area contributed by atoms with E-state index in [2.05, 4.69) is 24.8 Å². The van der Waals surface area contributed by atoms with Gasteiger partial charge in [0.2, 0.25) is 0 Å². The smallest absolute Gasteiger partial charge is 0.141 e. The molecule has 0 radical (unpaired) electrons. The number of ether oxygens (including phenoxy) is 1. The number of nitrogen functional groups attached to an aromatic ring is 1. The lowest BCUT2D eigenvalue weighted by atomic mass is 9.89. The van der Waals surface area contributed by atoms with Gasteiger partial charge in [0.25, 0.3) is 0 Å². The quantitative estimate of drug-likeness (QED) is 0.855. The van der Waals surface area contributed by atoms with Crippen LogP contribution in [-0.2, 0) is 6.54 Å². The number of benzene rings is 1. The van der Waals surface area contributed by atoms with E-state index < -0.39 is 0 Å². The molecule has 3 nitrogen and oxygen atoms in total. The number of nitrogens with zero attached hydrogens (tertiary/aromatic N) is 1. The lowest BCUT2D eigenvalue weighted by Gasteiger charge is -2.21. The molecule has 1 unspecified atom stereocenters. The summed E-state index contributed by atoms with van der Waals surface area (Å²) < 4.78 is 5.21. The maximum absolute atomic E-state index is 5.99. The Hall–Kier alpha value is -1.22. The first-order valence-electron chi connectivity index (χ1n) is 7.75. The minimum absolute atomic E-state index is 0.736. The fraction of sp³-hybridized carbons (Fsp3) is 0.647. The maximum atomic E-state index is 5.99. The summed E-state index contributed by atoms with van der Waals surface area (Å²) in [6.45, 7) is 8.11. The van der Waals surface area contributed by atoms with Crippen LogP contribution < -0.4 is 10.5 Å². The van der Waals surface area contributed by atoms with Crippen LogP contribution >= 0.6 is 0 Å². The lowest BCUT2D eigenvalue weighted by Crippen LogP contribution is -2.24. The second-order valence-corrected chi connectivity index (χ2v) is 6.29. The fourth-order valence-corrected chi connectivity index (χ4v) is 3.15. The van der Waals surface area contributed by atoms with Crippen LogP contribution in [0.1, 0.15) is 38.7 Å². The van der Waals surface area contributed by atoms with Gasteiger partial charge in [-0.3, -0.25) is 4.90 Å². The van der Waals surface area contributed by atoms with Gasteiger partial charge < -0.3 is 10.5 Å². The number of anilines is 1. The van der Waals surface area contributed by atoms with Gasteiger partial charge in [0.1, 0.15) is 5.75 Å². The van der Waals surface area contributed by atoms with Crippen LogP contribution in [0.2, 0.25) is 0 Å². The first-order chi connectivity index (χ1) is 9.60. The van der Waals surface area contributed by atoms with Crippen LogP contribution in [0, 0.1) is 11.8 Å². The number of hydrogen-bond donors (Lipinski definition) is 1. The van der Waals surface area contributed by atoms with E-state index in [0.717, 1.165) is 29.8 Å². The Kier molecular flexibility index (Phi) is 5.30. The van der Waals surface area contributed by atoms with E-state index in [1.807, 2.05) is 12.1 Å². The molecular formula is C17H28N2O. The molecule has 2 rings (SSSR count). The Morgan fingerprint density at radius 3 is 2.75 bits per heavy atom. The predicted octanol–water partition coefficient (Wildman–Crippen LogP) is 3.54. The van der Waals surface area contributed by atoms with E-state index in [9.17, 15) is 0 Å². The van der Waals surface area contributed by atoms with Crippen LogP contribution in [-0.4, -0.2) is 25.1 Å². The van der Waals surface area contributed by atoms with E-state index in [-0.39, 0.29) is 0 Å². The third kappa shape index (κ3) is 3.89. The molecule has 0 aliphatic carbocycles. The molecule has 0 saturated carbocycles. The first kappa shape index (κ1) is 15.2. The van der Waals surface area contributed by atoms with Crippen LogP contribution in [0.15, 0.2) is 18.2 Å². The van der Waals surface area contributed by atoms with Gasteiger partial charge in [-0.2, -0.15) is 0 Å². The highest BCUT2D eigenvalue weighted by atomic mass is 16.5. The highest BCUT2D eigenvalue weighted by molar-refractivity contribution is 5.54. The molecule has 1 saturated heterocycles. The minimum Gasteiger partial charge on any atom is -0.495 e. The van der Waals surface area contributed by atoms with E-state index in [4.69, 9.17) is 10.5 Å². The van der Waals surface area contributed by atoms with Crippen LogP contribution in [0.3, 0.4) is 0 Å². The Morgan fingerprint density at radius 2 is 2.10 bits per heavy atom. The van der Waals surface area contributed by atoms with Crippen LogP contribution in [0.5, 0.6) is 5.75 Å². The average molecular weight is 276 g/mol. The third-order valence-electron chi connectivity index (χ3n) is 4.51. The SMILES string of the molecule is COc1ccc(CN2CCCC(C(C)C)CC2)cc1N. The molecule has 1 atom stereocenters. The Labute approximate surface area is 123 Å². The third-order valence-corrected chi connectivity index (χ3v) is 4.51. The largest absolute Gasteiger partial charge is 0.495 e. The number of nitrogens with two attached hydrogens (primary N) is 1. The van der Waals surface area contributed by atoms with Crippen LogP contribution in [0.25, 0.3) is 0 Å². The molecule has 0 amide bonds. The number of hydrogen-bond acceptors (Lipinski definition) is 3. The second kappa shape index (κ2) is 6.98. The number of methoxy groups -OCH3 is 1. The van der Waals surface area contributed by atoms with Gasteiger partial charge in [0, 0.05) is 6.54 Å². The van der Waals surface area contributed by atoms with Crippen molar-refractivity contribution in [3.05, 3.63) is 23.8 Å². The molecule has 0 aromatic heterocycles. The summed E-state index contributed by atoms with van der Waals surface area (Å²) in [6, 6.07) is 6.14. The molecule has 1 heterocycles. The molecule has 1 aromatic rings. The second-order valence-electron chi connectivity index (χ2n) is 6.29. The van der Waals surface area contributed by atoms with E-state index in [1.165, 1.54) is 37.9 Å². The molecule has 20 heavy (non-hydrogen) atoms. The average Bonchev–Trinajstić information content (AvgIpc) is 2.65. The zero-order valence-electron chi connectivity index (χ0n) is 13.1. The van der Waals surface area contributed by atoms with Gasteiger partial charge in [-0.05, 0) is 61.9 Å². The molecule has 0 spiro atoms. The van der Waals surface area contributed by atoms with Crippen molar-refractivity contribution in [2.45, 2.75) is 39.7 Å². The molecule has 112 valence electrons. The lowest BCUT2D eigenvalue weighted by molar-refractivity contribution is 0.264. The fourth-order valence-electron chi connectivity index (χ4n) is 3.15. The van der Waals surface area contributed by atoms with Crippen molar-refractivity contribution in [2.24, 2.45) is 11.8 Å². The van der Waals surface area contributed by atoms with Gasteiger partial charge in [0.15, 0.2) is 0 Å². The summed E-state index contributed by atoms with van der Waals surface area (Å²) in [5, 5.41) is 0. The van der Waals surface area contributed by atoms with Crippen molar-refractivity contribution in [2.75, 3.05) is 25.9 Å². The van der Waals surface area contributed by atoms with Crippen molar-refractivity contribution >= 4 is 5.69 Å². The van der Waals surface area contributed by atoms with Crippen molar-refractivity contribution in [3.8, 4) is 5.75 Å². The standard InChI is InChI=1S/C17H28N2O/c1-13(2)15-5-4-9-19(10-8-15)12-14-6-7-17(20-3)16(18)11-14/h6-7,11,13,15H,4-5,8-10,12,18H2,1-3H3. The minimum atomic E-state index is 0.736. The Bertz CT molecular complexity index is 431. The summed E-state index contributed by atoms with van der Waals surface area (Å²) in [5.41, 5.74) is 8.01. The summed E-state index contributed by atoms with van der Waals surface area (Å²) in [4.78, 5) is 2.56. The molecule has 2 N–H and O–H groups in total. The molecule has 0 bridgehead atoms. The van der Waals surface area contributed by atoms with Gasteiger partial charge in [-0.1, -0.05) is 19.9 Å².